The molecule has 11 nitrogen and oxygen atoms in total. The summed E-state index contributed by atoms with van der Waals surface area (Å²) in [5, 5.41) is 17.0. The lowest BCUT2D eigenvalue weighted by Gasteiger charge is -2.26. The normalized spacial score (nSPS) is 10.7. The number of benzene rings is 2. The van der Waals surface area contributed by atoms with Gasteiger partial charge in [-0.1, -0.05) is 12.1 Å². The van der Waals surface area contributed by atoms with Crippen molar-refractivity contribution in [3.05, 3.63) is 58.5 Å². The van der Waals surface area contributed by atoms with Crippen LogP contribution in [0.4, 0.5) is 10.5 Å². The first-order valence-electron chi connectivity index (χ1n) is 9.23. The maximum Gasteiger partial charge on any atom is 0.377 e. The first kappa shape index (κ1) is 21.6. The van der Waals surface area contributed by atoms with Gasteiger partial charge in [0.25, 0.3) is 0 Å². The zero-order chi connectivity index (χ0) is 22.7. The second-order valence-corrected chi connectivity index (χ2v) is 6.69. The molecule has 0 aliphatic rings. The van der Waals surface area contributed by atoms with E-state index in [4.69, 9.17) is 9.47 Å². The van der Waals surface area contributed by atoms with E-state index in [1.54, 1.807) is 38.1 Å². The van der Waals surface area contributed by atoms with Crippen molar-refractivity contribution in [3.63, 3.8) is 0 Å². The predicted octanol–water partition coefficient (Wildman–Crippen LogP) is 2.03. The molecule has 0 aliphatic carbocycles. The molecule has 0 atom stereocenters. The van der Waals surface area contributed by atoms with Gasteiger partial charge in [-0.05, 0) is 54.6 Å². The number of carbonyl (C=O) groups is 2. The van der Waals surface area contributed by atoms with Gasteiger partial charge in [0.1, 0.15) is 22.7 Å². The Morgan fingerprint density at radius 2 is 1.71 bits per heavy atom. The second-order valence-electron chi connectivity index (χ2n) is 6.69. The molecule has 31 heavy (non-hydrogen) atoms. The molecular weight excluding hydrogens is 406 g/mol. The van der Waals surface area contributed by atoms with Gasteiger partial charge in [-0.3, -0.25) is 4.90 Å². The second kappa shape index (κ2) is 8.69. The van der Waals surface area contributed by atoms with Crippen LogP contribution in [0.5, 0.6) is 11.5 Å². The van der Waals surface area contributed by atoms with E-state index in [0.717, 1.165) is 4.68 Å². The van der Waals surface area contributed by atoms with E-state index < -0.39 is 23.7 Å². The molecule has 1 amide bonds. The standard InChI is InChI=1S/C20H21N5O6/c1-12(2)23(13-9-10-16(30-3)14(11-13)18(26)27)19(28)25-20(29)24(21-22-25)15-7-5-6-8-17(15)31-4/h5-12H,1-4H3,(H,26,27). The number of rotatable bonds is 6. The number of ether oxygens (including phenoxy) is 2. The fourth-order valence-corrected chi connectivity index (χ4v) is 3.07. The third-order valence-electron chi connectivity index (χ3n) is 4.49. The highest BCUT2D eigenvalue weighted by Crippen LogP contribution is 2.27. The van der Waals surface area contributed by atoms with Crippen LogP contribution >= 0.6 is 0 Å². The molecule has 3 aromatic rings. The molecule has 0 unspecified atom stereocenters. The highest BCUT2D eigenvalue weighted by molar-refractivity contribution is 5.97. The Kier molecular flexibility index (Phi) is 6.05. The Labute approximate surface area is 177 Å². The van der Waals surface area contributed by atoms with Gasteiger partial charge in [0, 0.05) is 11.7 Å². The van der Waals surface area contributed by atoms with Crippen LogP contribution in [0.2, 0.25) is 0 Å². The molecule has 0 radical (unpaired) electrons. The lowest BCUT2D eigenvalue weighted by Crippen LogP contribution is -2.44. The van der Waals surface area contributed by atoms with Gasteiger partial charge < -0.3 is 14.6 Å². The summed E-state index contributed by atoms with van der Waals surface area (Å²) in [6, 6.07) is 9.72. The molecule has 2 aromatic carbocycles. The van der Waals surface area contributed by atoms with Crippen molar-refractivity contribution in [1.82, 2.24) is 19.8 Å². The SMILES string of the molecule is COc1ccc(N(C(=O)n2nnn(-c3ccccc3OC)c2=O)C(C)C)cc1C(=O)O. The number of tetrazole rings is 1. The lowest BCUT2D eigenvalue weighted by molar-refractivity contribution is 0.0693. The van der Waals surface area contributed by atoms with E-state index in [9.17, 15) is 19.5 Å². The molecule has 1 aromatic heterocycles. The number of para-hydroxylation sites is 2. The van der Waals surface area contributed by atoms with Crippen LogP contribution in [0.15, 0.2) is 47.3 Å². The van der Waals surface area contributed by atoms with E-state index >= 15 is 0 Å². The molecule has 162 valence electrons. The quantitative estimate of drug-likeness (QED) is 0.592. The summed E-state index contributed by atoms with van der Waals surface area (Å²) in [7, 11) is 2.80. The number of anilines is 1. The van der Waals surface area contributed by atoms with Crippen LogP contribution in [-0.4, -0.2) is 57.2 Å². The summed E-state index contributed by atoms with van der Waals surface area (Å²) in [5.74, 6) is -0.688. The third kappa shape index (κ3) is 3.97. The van der Waals surface area contributed by atoms with E-state index in [1.807, 2.05) is 0 Å². The number of nitrogens with zero attached hydrogens (tertiary/aromatic N) is 5. The van der Waals surface area contributed by atoms with Crippen LogP contribution < -0.4 is 20.1 Å². The summed E-state index contributed by atoms with van der Waals surface area (Å²) in [6.45, 7) is 3.44. The molecule has 0 spiro atoms. The Morgan fingerprint density at radius 3 is 2.32 bits per heavy atom. The molecular formula is C20H21N5O6. The van der Waals surface area contributed by atoms with E-state index in [0.29, 0.717) is 16.1 Å². The largest absolute Gasteiger partial charge is 0.496 e. The van der Waals surface area contributed by atoms with Gasteiger partial charge in [-0.15, -0.1) is 4.68 Å². The maximum atomic E-state index is 13.2. The van der Waals surface area contributed by atoms with Gasteiger partial charge in [-0.25, -0.2) is 14.4 Å². The number of aromatic nitrogens is 4. The molecule has 1 N–H and O–H groups in total. The number of carboxylic acids is 1. The van der Waals surface area contributed by atoms with Crippen molar-refractivity contribution in [2.24, 2.45) is 0 Å². The fourth-order valence-electron chi connectivity index (χ4n) is 3.07. The molecule has 0 bridgehead atoms. The first-order chi connectivity index (χ1) is 14.8. The number of aromatic carboxylic acids is 1. The zero-order valence-electron chi connectivity index (χ0n) is 17.3. The summed E-state index contributed by atoms with van der Waals surface area (Å²) in [4.78, 5) is 38.9. The minimum Gasteiger partial charge on any atom is -0.496 e. The van der Waals surface area contributed by atoms with Gasteiger partial charge in [0.2, 0.25) is 0 Å². The number of carbonyl (C=O) groups excluding carboxylic acids is 1. The third-order valence-corrected chi connectivity index (χ3v) is 4.49. The van der Waals surface area contributed by atoms with Crippen LogP contribution in [0, 0.1) is 0 Å². The van der Waals surface area contributed by atoms with Crippen molar-refractivity contribution < 1.29 is 24.2 Å². The summed E-state index contributed by atoms with van der Waals surface area (Å²) in [6.07, 6.45) is 0. The van der Waals surface area contributed by atoms with Crippen molar-refractivity contribution in [1.29, 1.82) is 0 Å². The average Bonchev–Trinajstić information content (AvgIpc) is 3.14. The molecule has 11 heteroatoms. The maximum absolute atomic E-state index is 13.2. The van der Waals surface area contributed by atoms with Gasteiger partial charge in [0.15, 0.2) is 0 Å². The van der Waals surface area contributed by atoms with Crippen LogP contribution in [0.25, 0.3) is 5.69 Å². The Morgan fingerprint density at radius 1 is 1.03 bits per heavy atom. The zero-order valence-corrected chi connectivity index (χ0v) is 17.3. The van der Waals surface area contributed by atoms with Crippen LogP contribution in [0.3, 0.4) is 0 Å². The monoisotopic (exact) mass is 427 g/mol. The molecule has 0 saturated heterocycles. The highest BCUT2D eigenvalue weighted by atomic mass is 16.5. The Hall–Kier alpha value is -4.15. The number of hydrogen-bond donors (Lipinski definition) is 1. The van der Waals surface area contributed by atoms with E-state index in [-0.39, 0.29) is 17.0 Å². The fraction of sp³-hybridized carbons (Fsp3) is 0.250. The van der Waals surface area contributed by atoms with Crippen molar-refractivity contribution in [2.45, 2.75) is 19.9 Å². The molecule has 0 saturated carbocycles. The van der Waals surface area contributed by atoms with E-state index in [1.165, 1.54) is 37.3 Å². The molecule has 3 rings (SSSR count). The number of carboxylic acid groups (broad SMARTS) is 1. The smallest absolute Gasteiger partial charge is 0.377 e. The van der Waals surface area contributed by atoms with Crippen molar-refractivity contribution in [3.8, 4) is 17.2 Å². The predicted molar refractivity (Wildman–Crippen MR) is 111 cm³/mol. The summed E-state index contributed by atoms with van der Waals surface area (Å²) >= 11 is 0. The minimum atomic E-state index is -1.21. The van der Waals surface area contributed by atoms with E-state index in [2.05, 4.69) is 10.4 Å². The minimum absolute atomic E-state index is 0.122. The van der Waals surface area contributed by atoms with Gasteiger partial charge >= 0.3 is 17.7 Å². The molecule has 1 heterocycles. The van der Waals surface area contributed by atoms with Crippen LogP contribution in [0.1, 0.15) is 24.2 Å². The molecule has 0 fully saturated rings. The Balaban J connectivity index is 2.07. The van der Waals surface area contributed by atoms with Crippen molar-refractivity contribution >= 4 is 17.7 Å². The summed E-state index contributed by atoms with van der Waals surface area (Å²) in [5.41, 5.74) is -0.338. The first-order valence-corrected chi connectivity index (χ1v) is 9.23. The number of amides is 1. The topological polar surface area (TPSA) is 129 Å². The lowest BCUT2D eigenvalue weighted by atomic mass is 10.1. The number of methoxy groups -OCH3 is 2. The van der Waals surface area contributed by atoms with Gasteiger partial charge in [-0.2, -0.15) is 4.68 Å². The molecule has 0 aliphatic heterocycles. The highest BCUT2D eigenvalue weighted by Gasteiger charge is 2.27. The van der Waals surface area contributed by atoms with Crippen LogP contribution in [-0.2, 0) is 0 Å². The Bertz CT molecular complexity index is 1180. The average molecular weight is 427 g/mol. The summed E-state index contributed by atoms with van der Waals surface area (Å²) < 4.78 is 11.9. The van der Waals surface area contributed by atoms with Crippen molar-refractivity contribution in [2.75, 3.05) is 19.1 Å². The number of hydrogen-bond acceptors (Lipinski definition) is 7. The van der Waals surface area contributed by atoms with Gasteiger partial charge in [0.05, 0.1) is 14.2 Å².